The number of ether oxygens (including phenoxy) is 1. The number of rotatable bonds is 7. The lowest BCUT2D eigenvalue weighted by molar-refractivity contribution is -0.118. The molecule has 136 valence electrons. The summed E-state index contributed by atoms with van der Waals surface area (Å²) >= 11 is 6.49. The van der Waals surface area contributed by atoms with Gasteiger partial charge in [0, 0.05) is 14.7 Å². The Bertz CT molecular complexity index is 930. The van der Waals surface area contributed by atoms with Crippen LogP contribution in [-0.2, 0) is 4.79 Å². The monoisotopic (exact) mass is 451 g/mol. The molecule has 0 aliphatic carbocycles. The molecule has 0 fully saturated rings. The largest absolute Gasteiger partial charge is 0.492 e. The van der Waals surface area contributed by atoms with E-state index in [9.17, 15) is 4.79 Å². The van der Waals surface area contributed by atoms with Gasteiger partial charge in [-0.2, -0.15) is 0 Å². The van der Waals surface area contributed by atoms with Crippen molar-refractivity contribution in [1.29, 1.82) is 0 Å². The van der Waals surface area contributed by atoms with Crippen LogP contribution in [-0.4, -0.2) is 34.8 Å². The average molecular weight is 452 g/mol. The van der Waals surface area contributed by atoms with E-state index in [-0.39, 0.29) is 5.91 Å². The highest BCUT2D eigenvalue weighted by molar-refractivity contribution is 9.10. The van der Waals surface area contributed by atoms with Crippen molar-refractivity contribution in [1.82, 2.24) is 15.3 Å². The van der Waals surface area contributed by atoms with Crippen LogP contribution in [0.3, 0.4) is 0 Å². The van der Waals surface area contributed by atoms with Crippen molar-refractivity contribution in [3.05, 3.63) is 45.5 Å². The fraction of sp³-hybridized carbons (Fsp3) is 0.278. The van der Waals surface area contributed by atoms with E-state index in [1.54, 1.807) is 17.7 Å². The van der Waals surface area contributed by atoms with Gasteiger partial charge in [0.05, 0.1) is 12.3 Å². The predicted molar refractivity (Wildman–Crippen MR) is 110 cm³/mol. The van der Waals surface area contributed by atoms with Gasteiger partial charge in [0.1, 0.15) is 28.5 Å². The fourth-order valence-electron chi connectivity index (χ4n) is 2.36. The Balaban J connectivity index is 1.47. The SMILES string of the molecule is Cc1sc2ncnc(SCC(=O)NCCOc3cccc(Br)c3)c2c1C. The van der Waals surface area contributed by atoms with Gasteiger partial charge in [0.15, 0.2) is 0 Å². The molecule has 5 nitrogen and oxygen atoms in total. The van der Waals surface area contributed by atoms with Gasteiger partial charge in [-0.25, -0.2) is 9.97 Å². The Morgan fingerprint density at radius 1 is 1.35 bits per heavy atom. The highest BCUT2D eigenvalue weighted by atomic mass is 79.9. The third-order valence-corrected chi connectivity index (χ3v) is 6.36. The molecular weight excluding hydrogens is 434 g/mol. The van der Waals surface area contributed by atoms with Gasteiger partial charge in [-0.1, -0.05) is 33.8 Å². The molecule has 0 atom stereocenters. The number of thiophene rings is 1. The van der Waals surface area contributed by atoms with Crippen molar-refractivity contribution >= 4 is 55.2 Å². The van der Waals surface area contributed by atoms with Gasteiger partial charge >= 0.3 is 0 Å². The van der Waals surface area contributed by atoms with Gasteiger partial charge in [0.25, 0.3) is 0 Å². The van der Waals surface area contributed by atoms with Gasteiger partial charge in [-0.3, -0.25) is 4.79 Å². The summed E-state index contributed by atoms with van der Waals surface area (Å²) in [6.45, 7) is 5.03. The van der Waals surface area contributed by atoms with E-state index in [1.807, 2.05) is 24.3 Å². The number of carbonyl (C=O) groups is 1. The summed E-state index contributed by atoms with van der Waals surface area (Å²) in [6, 6.07) is 7.62. The number of halogens is 1. The number of nitrogens with zero attached hydrogens (tertiary/aromatic N) is 2. The van der Waals surface area contributed by atoms with Crippen LogP contribution in [0.25, 0.3) is 10.2 Å². The number of nitrogens with one attached hydrogen (secondary N) is 1. The van der Waals surface area contributed by atoms with Crippen molar-refractivity contribution in [2.24, 2.45) is 0 Å². The van der Waals surface area contributed by atoms with Crippen LogP contribution in [0.5, 0.6) is 5.75 Å². The summed E-state index contributed by atoms with van der Waals surface area (Å²) in [7, 11) is 0. The van der Waals surface area contributed by atoms with E-state index in [0.29, 0.717) is 18.9 Å². The quantitative estimate of drug-likeness (QED) is 0.328. The first kappa shape index (κ1) is 19.1. The number of fused-ring (bicyclic) bond motifs is 1. The zero-order chi connectivity index (χ0) is 18.5. The third kappa shape index (κ3) is 4.75. The summed E-state index contributed by atoms with van der Waals surface area (Å²) in [6.07, 6.45) is 1.56. The molecule has 1 N–H and O–H groups in total. The molecule has 3 aromatic rings. The minimum atomic E-state index is -0.0378. The Hall–Kier alpha value is -1.64. The van der Waals surface area contributed by atoms with E-state index in [4.69, 9.17) is 4.74 Å². The second-order valence-corrected chi connectivity index (χ2v) is 8.67. The van der Waals surface area contributed by atoms with E-state index in [2.05, 4.69) is 45.1 Å². The summed E-state index contributed by atoms with van der Waals surface area (Å²) in [5.41, 5.74) is 1.19. The molecule has 8 heteroatoms. The van der Waals surface area contributed by atoms with Crippen molar-refractivity contribution < 1.29 is 9.53 Å². The number of hydrogen-bond donors (Lipinski definition) is 1. The van der Waals surface area contributed by atoms with Crippen molar-refractivity contribution in [3.8, 4) is 5.75 Å². The van der Waals surface area contributed by atoms with Crippen LogP contribution in [0, 0.1) is 13.8 Å². The van der Waals surface area contributed by atoms with Crippen molar-refractivity contribution in [2.75, 3.05) is 18.9 Å². The second-order valence-electron chi connectivity index (χ2n) is 5.59. The Kier molecular flexibility index (Phi) is 6.50. The standard InChI is InChI=1S/C18H18BrN3O2S2/c1-11-12(2)26-18-16(11)17(21-10-22-18)25-9-15(23)20-6-7-24-14-5-3-4-13(19)8-14/h3-5,8,10H,6-7,9H2,1-2H3,(H,20,23). The number of carbonyl (C=O) groups excluding carboxylic acids is 1. The zero-order valence-corrected chi connectivity index (χ0v) is 17.6. The molecule has 0 saturated carbocycles. The molecule has 0 spiro atoms. The average Bonchev–Trinajstić information content (AvgIpc) is 2.92. The zero-order valence-electron chi connectivity index (χ0n) is 14.4. The Labute approximate surface area is 168 Å². The maximum atomic E-state index is 12.1. The normalized spacial score (nSPS) is 10.9. The van der Waals surface area contributed by atoms with E-state index >= 15 is 0 Å². The minimum absolute atomic E-state index is 0.0378. The van der Waals surface area contributed by atoms with Crippen LogP contribution in [0.15, 0.2) is 40.1 Å². The minimum Gasteiger partial charge on any atom is -0.492 e. The Morgan fingerprint density at radius 2 is 2.19 bits per heavy atom. The molecule has 0 aliphatic rings. The molecule has 2 heterocycles. The molecule has 0 radical (unpaired) electrons. The number of hydrogen-bond acceptors (Lipinski definition) is 6. The van der Waals surface area contributed by atoms with Gasteiger partial charge in [0.2, 0.25) is 5.91 Å². The molecule has 3 rings (SSSR count). The molecule has 0 bridgehead atoms. The van der Waals surface area contributed by atoms with E-state index < -0.39 is 0 Å². The van der Waals surface area contributed by atoms with Crippen molar-refractivity contribution in [2.45, 2.75) is 18.9 Å². The molecule has 1 amide bonds. The number of amides is 1. The first-order valence-corrected chi connectivity index (χ1v) is 10.6. The van der Waals surface area contributed by atoms with Crippen LogP contribution in [0.4, 0.5) is 0 Å². The van der Waals surface area contributed by atoms with Crippen LogP contribution >= 0.6 is 39.0 Å². The van der Waals surface area contributed by atoms with E-state index in [1.165, 1.54) is 22.2 Å². The fourth-order valence-corrected chi connectivity index (χ4v) is 4.69. The number of thioether (sulfide) groups is 1. The summed E-state index contributed by atoms with van der Waals surface area (Å²) in [5, 5.41) is 4.79. The summed E-state index contributed by atoms with van der Waals surface area (Å²) in [5.74, 6) is 1.05. The summed E-state index contributed by atoms with van der Waals surface area (Å²) in [4.78, 5) is 22.9. The molecule has 0 aliphatic heterocycles. The van der Waals surface area contributed by atoms with Crippen molar-refractivity contribution in [3.63, 3.8) is 0 Å². The molecule has 0 unspecified atom stereocenters. The highest BCUT2D eigenvalue weighted by Gasteiger charge is 2.13. The molecule has 26 heavy (non-hydrogen) atoms. The van der Waals surface area contributed by atoms with Gasteiger partial charge in [-0.15, -0.1) is 11.3 Å². The summed E-state index contributed by atoms with van der Waals surface area (Å²) < 4.78 is 6.57. The first-order valence-electron chi connectivity index (χ1n) is 8.03. The topological polar surface area (TPSA) is 64.1 Å². The lowest BCUT2D eigenvalue weighted by Gasteiger charge is -2.08. The second kappa shape index (κ2) is 8.83. The van der Waals surface area contributed by atoms with Gasteiger partial charge in [-0.05, 0) is 37.6 Å². The van der Waals surface area contributed by atoms with Crippen LogP contribution in [0.2, 0.25) is 0 Å². The van der Waals surface area contributed by atoms with Crippen LogP contribution in [0.1, 0.15) is 10.4 Å². The molecular formula is C18H18BrN3O2S2. The smallest absolute Gasteiger partial charge is 0.230 e. The highest BCUT2D eigenvalue weighted by Crippen LogP contribution is 2.34. The Morgan fingerprint density at radius 3 is 3.00 bits per heavy atom. The maximum absolute atomic E-state index is 12.1. The number of aromatic nitrogens is 2. The lowest BCUT2D eigenvalue weighted by Crippen LogP contribution is -2.29. The van der Waals surface area contributed by atoms with E-state index in [0.717, 1.165) is 25.5 Å². The van der Waals surface area contributed by atoms with Crippen LogP contribution < -0.4 is 10.1 Å². The molecule has 2 aromatic heterocycles. The number of aryl methyl sites for hydroxylation is 2. The lowest BCUT2D eigenvalue weighted by atomic mass is 10.2. The predicted octanol–water partition coefficient (Wildman–Crippen LogP) is 4.36. The third-order valence-electron chi connectivity index (χ3n) is 3.76. The molecule has 0 saturated heterocycles. The van der Waals surface area contributed by atoms with Gasteiger partial charge < -0.3 is 10.1 Å². The first-order chi connectivity index (χ1) is 12.5. The molecule has 1 aromatic carbocycles. The maximum Gasteiger partial charge on any atom is 0.230 e. The number of benzene rings is 1.